The number of sulfone groups is 1. The zero-order valence-corrected chi connectivity index (χ0v) is 14.6. The molecule has 0 N–H and O–H groups in total. The summed E-state index contributed by atoms with van der Waals surface area (Å²) in [5, 5.41) is 4.16. The third-order valence-corrected chi connectivity index (χ3v) is 5.77. The number of nitrogens with zero attached hydrogens (tertiary/aromatic N) is 2. The number of hydrogen-bond donors (Lipinski definition) is 0. The Labute approximate surface area is 139 Å². The second kappa shape index (κ2) is 5.66. The summed E-state index contributed by atoms with van der Waals surface area (Å²) >= 11 is 2.38. The molecule has 1 aromatic carbocycles. The van der Waals surface area contributed by atoms with Crippen LogP contribution in [-0.4, -0.2) is 24.2 Å². The van der Waals surface area contributed by atoms with Crippen LogP contribution in [0.4, 0.5) is 4.39 Å². The minimum Gasteiger partial charge on any atom is -0.256 e. The fourth-order valence-corrected chi connectivity index (χ4v) is 4.20. The molecule has 23 heavy (non-hydrogen) atoms. The topological polar surface area (TPSA) is 69.0 Å². The molecular formula is C14H11FN2O3S3. The molecule has 0 radical (unpaired) electrons. The highest BCUT2D eigenvalue weighted by atomic mass is 32.2. The molecule has 0 bridgehead atoms. The predicted octanol–water partition coefficient (Wildman–Crippen LogP) is 2.87. The van der Waals surface area contributed by atoms with E-state index in [-0.39, 0.29) is 9.77 Å². The Kier molecular flexibility index (Phi) is 3.95. The molecular weight excluding hydrogens is 359 g/mol. The lowest BCUT2D eigenvalue weighted by Crippen LogP contribution is -2.12. The van der Waals surface area contributed by atoms with Gasteiger partial charge in [-0.05, 0) is 19.1 Å². The molecule has 5 nitrogen and oxygen atoms in total. The van der Waals surface area contributed by atoms with E-state index in [1.165, 1.54) is 28.0 Å². The smallest absolute Gasteiger partial charge is 0.256 e. The van der Waals surface area contributed by atoms with Crippen LogP contribution in [0.2, 0.25) is 0 Å². The van der Waals surface area contributed by atoms with Crippen molar-refractivity contribution in [2.45, 2.75) is 11.8 Å². The first-order valence-corrected chi connectivity index (χ1v) is 10.1. The summed E-state index contributed by atoms with van der Waals surface area (Å²) in [4.78, 5) is 15.8. The molecule has 3 aromatic rings. The number of thiazole rings is 2. The molecule has 0 unspecified atom stereocenters. The van der Waals surface area contributed by atoms with E-state index in [0.717, 1.165) is 28.7 Å². The fraction of sp³-hybridized carbons (Fsp3) is 0.143. The molecule has 2 heterocycles. The third-order valence-electron chi connectivity index (χ3n) is 3.16. The van der Waals surface area contributed by atoms with Gasteiger partial charge in [0.05, 0.1) is 10.7 Å². The Hall–Kier alpha value is -1.84. The molecule has 0 atom stereocenters. The Bertz CT molecular complexity index is 1050. The molecule has 2 aromatic heterocycles. The molecule has 120 valence electrons. The first kappa shape index (κ1) is 16.0. The van der Waals surface area contributed by atoms with E-state index in [4.69, 9.17) is 0 Å². The molecule has 9 heteroatoms. The van der Waals surface area contributed by atoms with Crippen molar-refractivity contribution in [1.82, 2.24) is 9.55 Å². The molecule has 3 rings (SSSR count). The van der Waals surface area contributed by atoms with Gasteiger partial charge in [0, 0.05) is 22.6 Å². The van der Waals surface area contributed by atoms with Crippen LogP contribution < -0.4 is 4.87 Å². The van der Waals surface area contributed by atoms with Crippen LogP contribution in [-0.2, 0) is 9.84 Å². The Balaban J connectivity index is 2.18. The van der Waals surface area contributed by atoms with Crippen molar-refractivity contribution in [3.8, 4) is 17.1 Å². The van der Waals surface area contributed by atoms with E-state index >= 15 is 0 Å². The Morgan fingerprint density at radius 1 is 1.22 bits per heavy atom. The van der Waals surface area contributed by atoms with Gasteiger partial charge >= 0.3 is 4.87 Å². The summed E-state index contributed by atoms with van der Waals surface area (Å²) in [5.74, 6) is -0.369. The first-order chi connectivity index (χ1) is 10.8. The van der Waals surface area contributed by atoms with Gasteiger partial charge in [-0.2, -0.15) is 0 Å². The molecule has 0 saturated heterocycles. The molecule has 0 aliphatic heterocycles. The van der Waals surface area contributed by atoms with E-state index in [9.17, 15) is 17.6 Å². The van der Waals surface area contributed by atoms with E-state index in [1.54, 1.807) is 10.8 Å². The lowest BCUT2D eigenvalue weighted by atomic mass is 10.1. The highest BCUT2D eigenvalue weighted by Crippen LogP contribution is 2.27. The SMILES string of the molecule is Cc1nc(-n2c(-c3ccc(S(C)(=O)=O)c(F)c3)csc2=O)cs1. The lowest BCUT2D eigenvalue weighted by Gasteiger charge is -2.07. The largest absolute Gasteiger partial charge is 0.313 e. The summed E-state index contributed by atoms with van der Waals surface area (Å²) in [7, 11) is -3.64. The third kappa shape index (κ3) is 2.99. The fourth-order valence-electron chi connectivity index (χ4n) is 2.14. The van der Waals surface area contributed by atoms with E-state index in [1.807, 2.05) is 6.92 Å². The zero-order chi connectivity index (χ0) is 16.8. The predicted molar refractivity (Wildman–Crippen MR) is 88.8 cm³/mol. The van der Waals surface area contributed by atoms with Crippen LogP contribution in [0.3, 0.4) is 0 Å². The zero-order valence-electron chi connectivity index (χ0n) is 12.1. The van der Waals surface area contributed by atoms with Gasteiger partial charge in [-0.3, -0.25) is 9.36 Å². The second-order valence-electron chi connectivity index (χ2n) is 4.86. The maximum Gasteiger partial charge on any atom is 0.313 e. The van der Waals surface area contributed by atoms with E-state index < -0.39 is 15.7 Å². The van der Waals surface area contributed by atoms with Crippen molar-refractivity contribution in [3.05, 3.63) is 49.5 Å². The summed E-state index contributed by atoms with van der Waals surface area (Å²) in [6.07, 6.45) is 0.948. The number of halogens is 1. The highest BCUT2D eigenvalue weighted by Gasteiger charge is 2.18. The Morgan fingerprint density at radius 2 is 1.96 bits per heavy atom. The van der Waals surface area contributed by atoms with Crippen LogP contribution in [0.5, 0.6) is 0 Å². The molecule has 0 aliphatic rings. The summed E-state index contributed by atoms with van der Waals surface area (Å²) in [5.41, 5.74) is 0.892. The lowest BCUT2D eigenvalue weighted by molar-refractivity contribution is 0.571. The first-order valence-electron chi connectivity index (χ1n) is 6.40. The number of aryl methyl sites for hydroxylation is 1. The quantitative estimate of drug-likeness (QED) is 0.711. The van der Waals surface area contributed by atoms with Gasteiger partial charge in [0.25, 0.3) is 0 Å². The molecule has 0 fully saturated rings. The van der Waals surface area contributed by atoms with E-state index in [0.29, 0.717) is 17.1 Å². The molecule has 0 spiro atoms. The Morgan fingerprint density at radius 3 is 2.52 bits per heavy atom. The van der Waals surface area contributed by atoms with Crippen LogP contribution in [0.25, 0.3) is 17.1 Å². The van der Waals surface area contributed by atoms with Gasteiger partial charge in [0.2, 0.25) is 0 Å². The van der Waals surface area contributed by atoms with Crippen molar-refractivity contribution >= 4 is 32.5 Å². The van der Waals surface area contributed by atoms with Crippen molar-refractivity contribution in [2.24, 2.45) is 0 Å². The van der Waals surface area contributed by atoms with Gasteiger partial charge in [-0.15, -0.1) is 11.3 Å². The average molecular weight is 370 g/mol. The minimum absolute atomic E-state index is 0.238. The van der Waals surface area contributed by atoms with Crippen LogP contribution in [0.1, 0.15) is 5.01 Å². The van der Waals surface area contributed by atoms with Gasteiger partial charge in [-0.1, -0.05) is 17.4 Å². The normalized spacial score (nSPS) is 11.8. The van der Waals surface area contributed by atoms with Crippen molar-refractivity contribution < 1.29 is 12.8 Å². The minimum atomic E-state index is -3.64. The van der Waals surface area contributed by atoms with Gasteiger partial charge in [0.1, 0.15) is 10.7 Å². The number of benzene rings is 1. The number of rotatable bonds is 3. The van der Waals surface area contributed by atoms with Gasteiger partial charge in [-0.25, -0.2) is 17.8 Å². The van der Waals surface area contributed by atoms with Gasteiger partial charge < -0.3 is 0 Å². The molecule has 0 aliphatic carbocycles. The maximum absolute atomic E-state index is 14.1. The summed E-state index contributed by atoms with van der Waals surface area (Å²) < 4.78 is 38.5. The molecule has 0 amide bonds. The highest BCUT2D eigenvalue weighted by molar-refractivity contribution is 7.90. The number of aromatic nitrogens is 2. The maximum atomic E-state index is 14.1. The summed E-state index contributed by atoms with van der Waals surface area (Å²) in [6.45, 7) is 1.83. The monoisotopic (exact) mass is 370 g/mol. The molecule has 0 saturated carbocycles. The second-order valence-corrected chi connectivity index (χ2v) is 8.73. The van der Waals surface area contributed by atoms with Crippen LogP contribution >= 0.6 is 22.7 Å². The van der Waals surface area contributed by atoms with Crippen molar-refractivity contribution in [3.63, 3.8) is 0 Å². The van der Waals surface area contributed by atoms with E-state index in [2.05, 4.69) is 4.98 Å². The summed E-state index contributed by atoms with van der Waals surface area (Å²) in [6, 6.07) is 3.81. The van der Waals surface area contributed by atoms with Crippen molar-refractivity contribution in [2.75, 3.05) is 6.26 Å². The van der Waals surface area contributed by atoms with Crippen LogP contribution in [0.15, 0.2) is 38.6 Å². The van der Waals surface area contributed by atoms with Crippen molar-refractivity contribution in [1.29, 1.82) is 0 Å². The standard InChI is InChI=1S/C14H11FN2O3S3/c1-8-16-13(7-21-8)17-11(6-22-14(17)18)9-3-4-12(10(15)5-9)23(2,19)20/h3-7H,1-2H3. The number of hydrogen-bond acceptors (Lipinski definition) is 6. The average Bonchev–Trinajstić information content (AvgIpc) is 3.03. The van der Waals surface area contributed by atoms with Gasteiger partial charge in [0.15, 0.2) is 15.7 Å². The van der Waals surface area contributed by atoms with Crippen LogP contribution in [0, 0.1) is 12.7 Å².